The van der Waals surface area contributed by atoms with Gasteiger partial charge in [0.05, 0.1) is 7.11 Å². The van der Waals surface area contributed by atoms with E-state index in [4.69, 9.17) is 4.74 Å². The van der Waals surface area contributed by atoms with E-state index in [9.17, 15) is 9.59 Å². The van der Waals surface area contributed by atoms with Crippen molar-refractivity contribution >= 4 is 11.9 Å². The summed E-state index contributed by atoms with van der Waals surface area (Å²) < 4.78 is 4.85. The van der Waals surface area contributed by atoms with E-state index in [1.54, 1.807) is 12.1 Å². The molecule has 0 aromatic heterocycles. The Labute approximate surface area is 167 Å². The second-order valence-electron chi connectivity index (χ2n) is 6.77. The van der Waals surface area contributed by atoms with E-state index in [-0.39, 0.29) is 5.91 Å². The van der Waals surface area contributed by atoms with Crippen molar-refractivity contribution in [1.29, 1.82) is 0 Å². The molecule has 0 aliphatic rings. The number of hydrogen-bond acceptors (Lipinski definition) is 3. The van der Waals surface area contributed by atoms with E-state index in [1.165, 1.54) is 7.11 Å². The molecule has 2 aromatic carbocycles. The fourth-order valence-electron chi connectivity index (χ4n) is 3.07. The van der Waals surface area contributed by atoms with E-state index in [0.29, 0.717) is 12.0 Å². The molecule has 0 unspecified atom stereocenters. The largest absolute Gasteiger partial charge is 0.467 e. The van der Waals surface area contributed by atoms with Gasteiger partial charge in [0.15, 0.2) is 0 Å². The summed E-state index contributed by atoms with van der Waals surface area (Å²) in [6, 6.07) is 16.7. The van der Waals surface area contributed by atoms with Gasteiger partial charge in [-0.25, -0.2) is 4.79 Å². The first-order valence-electron chi connectivity index (χ1n) is 9.80. The number of hydrogen-bond donors (Lipinski definition) is 1. The molecule has 0 spiro atoms. The number of benzene rings is 2. The Kier molecular flexibility index (Phi) is 8.99. The highest BCUT2D eigenvalue weighted by Gasteiger charge is 2.21. The Hall–Kier alpha value is -2.88. The quantitative estimate of drug-likeness (QED) is 0.334. The van der Waals surface area contributed by atoms with E-state index in [2.05, 4.69) is 11.9 Å². The summed E-state index contributed by atoms with van der Waals surface area (Å²) in [5.41, 5.74) is 2.67. The van der Waals surface area contributed by atoms with E-state index in [1.807, 2.05) is 48.5 Å². The average Bonchev–Trinajstić information content (AvgIpc) is 2.75. The van der Waals surface area contributed by atoms with Crippen molar-refractivity contribution in [3.05, 3.63) is 72.8 Å². The molecular formula is C24H29NO3. The number of nitrogens with one attached hydrogen (secondary N) is 1. The number of carbonyl (C=O) groups is 2. The monoisotopic (exact) mass is 379 g/mol. The molecule has 0 saturated heterocycles. The van der Waals surface area contributed by atoms with Crippen molar-refractivity contribution in [1.82, 2.24) is 5.32 Å². The number of unbranched alkanes of at least 4 members (excludes halogenated alkanes) is 4. The number of methoxy groups -OCH3 is 1. The minimum absolute atomic E-state index is 0.262. The highest BCUT2D eigenvalue weighted by Crippen LogP contribution is 2.19. The highest BCUT2D eigenvalue weighted by atomic mass is 16.5. The van der Waals surface area contributed by atoms with Crippen molar-refractivity contribution in [2.45, 2.75) is 44.6 Å². The topological polar surface area (TPSA) is 55.4 Å². The zero-order chi connectivity index (χ0) is 20.2. The molecule has 1 atom stereocenters. The van der Waals surface area contributed by atoms with Crippen LogP contribution >= 0.6 is 0 Å². The molecule has 4 heteroatoms. The number of rotatable bonds is 11. The van der Waals surface area contributed by atoms with E-state index in [0.717, 1.165) is 43.2 Å². The third-order valence-electron chi connectivity index (χ3n) is 4.70. The summed E-state index contributed by atoms with van der Waals surface area (Å²) in [6.07, 6.45) is 7.58. The van der Waals surface area contributed by atoms with Crippen molar-refractivity contribution in [2.75, 3.05) is 7.11 Å². The summed E-state index contributed by atoms with van der Waals surface area (Å²) in [4.78, 5) is 24.6. The molecule has 0 saturated carbocycles. The third-order valence-corrected chi connectivity index (χ3v) is 4.70. The van der Waals surface area contributed by atoms with Crippen molar-refractivity contribution in [2.24, 2.45) is 0 Å². The van der Waals surface area contributed by atoms with Gasteiger partial charge < -0.3 is 10.1 Å². The van der Waals surface area contributed by atoms with Gasteiger partial charge in [-0.1, -0.05) is 67.8 Å². The first kappa shape index (κ1) is 21.4. The van der Waals surface area contributed by atoms with Gasteiger partial charge in [-0.05, 0) is 42.5 Å². The minimum Gasteiger partial charge on any atom is -0.467 e. The van der Waals surface area contributed by atoms with Gasteiger partial charge in [-0.3, -0.25) is 4.79 Å². The van der Waals surface area contributed by atoms with Crippen molar-refractivity contribution in [3.8, 4) is 11.1 Å². The maximum absolute atomic E-state index is 12.6. The standard InChI is InChI=1S/C24H29NO3/c1-3-4-5-6-7-11-14-22(24(27)28-2)25-23(26)21-17-15-20(16-18-21)19-12-9-8-10-13-19/h3,8-10,12-13,15-18,22H,1,4-7,11,14H2,2H3,(H,25,26)/t22-/m0/s1. The fourth-order valence-corrected chi connectivity index (χ4v) is 3.07. The average molecular weight is 380 g/mol. The second-order valence-corrected chi connectivity index (χ2v) is 6.77. The van der Waals surface area contributed by atoms with Crippen LogP contribution in [0.1, 0.15) is 48.9 Å². The van der Waals surface area contributed by atoms with Crippen molar-refractivity contribution in [3.63, 3.8) is 0 Å². The summed E-state index contributed by atoms with van der Waals surface area (Å²) in [7, 11) is 1.35. The Bertz CT molecular complexity index is 753. The summed E-state index contributed by atoms with van der Waals surface area (Å²) in [6.45, 7) is 3.72. The van der Waals surface area contributed by atoms with Crippen LogP contribution in [0.15, 0.2) is 67.3 Å². The summed E-state index contributed by atoms with van der Waals surface area (Å²) in [5, 5.41) is 2.82. The lowest BCUT2D eigenvalue weighted by Gasteiger charge is -2.16. The van der Waals surface area contributed by atoms with Crippen LogP contribution in [0, 0.1) is 0 Å². The molecule has 0 fully saturated rings. The normalized spacial score (nSPS) is 11.5. The first-order chi connectivity index (χ1) is 13.7. The predicted molar refractivity (Wildman–Crippen MR) is 113 cm³/mol. The number of amides is 1. The molecule has 0 radical (unpaired) electrons. The zero-order valence-electron chi connectivity index (χ0n) is 16.5. The molecule has 0 heterocycles. The minimum atomic E-state index is -0.620. The van der Waals surface area contributed by atoms with E-state index >= 15 is 0 Å². The highest BCUT2D eigenvalue weighted by molar-refractivity contribution is 5.97. The lowest BCUT2D eigenvalue weighted by molar-refractivity contribution is -0.143. The third kappa shape index (κ3) is 6.69. The lowest BCUT2D eigenvalue weighted by Crippen LogP contribution is -2.41. The maximum Gasteiger partial charge on any atom is 0.328 e. The molecule has 0 aliphatic carbocycles. The van der Waals surface area contributed by atoms with Gasteiger partial charge in [-0.2, -0.15) is 0 Å². The summed E-state index contributed by atoms with van der Waals surface area (Å²) >= 11 is 0. The van der Waals surface area contributed by atoms with Crippen LogP contribution in [0.25, 0.3) is 11.1 Å². The molecule has 1 N–H and O–H groups in total. The molecule has 0 aliphatic heterocycles. The predicted octanol–water partition coefficient (Wildman–Crippen LogP) is 5.15. The Balaban J connectivity index is 1.92. The lowest BCUT2D eigenvalue weighted by atomic mass is 10.0. The first-order valence-corrected chi connectivity index (χ1v) is 9.80. The van der Waals surface area contributed by atoms with Gasteiger partial charge >= 0.3 is 5.97 Å². The molecule has 4 nitrogen and oxygen atoms in total. The molecule has 0 bridgehead atoms. The Morgan fingerprint density at radius 3 is 2.25 bits per heavy atom. The van der Waals surface area contributed by atoms with Crippen LogP contribution in [0.2, 0.25) is 0 Å². The Morgan fingerprint density at radius 2 is 1.61 bits per heavy atom. The fraction of sp³-hybridized carbons (Fsp3) is 0.333. The van der Waals surface area contributed by atoms with Crippen LogP contribution in [0.4, 0.5) is 0 Å². The Morgan fingerprint density at radius 1 is 0.964 bits per heavy atom. The molecule has 2 rings (SSSR count). The number of carbonyl (C=O) groups excluding carboxylic acids is 2. The van der Waals surface area contributed by atoms with Gasteiger partial charge in [0, 0.05) is 5.56 Å². The zero-order valence-corrected chi connectivity index (χ0v) is 16.5. The number of allylic oxidation sites excluding steroid dienone is 1. The van der Waals surface area contributed by atoms with Crippen molar-refractivity contribution < 1.29 is 14.3 Å². The van der Waals surface area contributed by atoms with Crippen LogP contribution < -0.4 is 5.32 Å². The summed E-state index contributed by atoms with van der Waals surface area (Å²) in [5.74, 6) is -0.665. The van der Waals surface area contributed by atoms with Crippen LogP contribution in [0.5, 0.6) is 0 Å². The second kappa shape index (κ2) is 11.8. The van der Waals surface area contributed by atoms with Gasteiger partial charge in [0.2, 0.25) is 0 Å². The maximum atomic E-state index is 12.6. The van der Waals surface area contributed by atoms with Gasteiger partial charge in [-0.15, -0.1) is 6.58 Å². The molecule has 28 heavy (non-hydrogen) atoms. The van der Waals surface area contributed by atoms with Crippen LogP contribution in [-0.2, 0) is 9.53 Å². The van der Waals surface area contributed by atoms with E-state index < -0.39 is 12.0 Å². The SMILES string of the molecule is C=CCCCCCC[C@H](NC(=O)c1ccc(-c2ccccc2)cc1)C(=O)OC. The molecule has 148 valence electrons. The smallest absolute Gasteiger partial charge is 0.328 e. The molecule has 1 amide bonds. The molecular weight excluding hydrogens is 350 g/mol. The van der Waals surface area contributed by atoms with Crippen LogP contribution in [-0.4, -0.2) is 25.0 Å². The van der Waals surface area contributed by atoms with Gasteiger partial charge in [0.25, 0.3) is 5.91 Å². The van der Waals surface area contributed by atoms with Gasteiger partial charge in [0.1, 0.15) is 6.04 Å². The molecule has 2 aromatic rings. The number of esters is 1. The van der Waals surface area contributed by atoms with Crippen LogP contribution in [0.3, 0.4) is 0 Å². The number of ether oxygens (including phenoxy) is 1.